The van der Waals surface area contributed by atoms with Gasteiger partial charge in [-0.15, -0.1) is 0 Å². The molecule has 76 valence electrons. The molecule has 3 heteroatoms. The highest BCUT2D eigenvalue weighted by Gasteiger charge is 1.96. The molecule has 0 heterocycles. The van der Waals surface area contributed by atoms with Crippen LogP contribution in [0.2, 0.25) is 0 Å². The van der Waals surface area contributed by atoms with Crippen LogP contribution in [0.25, 0.3) is 0 Å². The summed E-state index contributed by atoms with van der Waals surface area (Å²) in [4.78, 5) is 0. The van der Waals surface area contributed by atoms with Crippen LogP contribution in [0.4, 0.5) is 0 Å². The van der Waals surface area contributed by atoms with Gasteiger partial charge in [0, 0.05) is 13.2 Å². The van der Waals surface area contributed by atoms with E-state index in [2.05, 4.69) is 13.8 Å². The topological polar surface area (TPSA) is 42.2 Å². The lowest BCUT2D eigenvalue weighted by atomic mass is 10.3. The molecule has 1 atom stereocenters. The lowest BCUT2D eigenvalue weighted by Crippen LogP contribution is -2.09. The fraction of sp³-hybridized carbons (Fsp3) is 0.900. The van der Waals surface area contributed by atoms with Crippen LogP contribution in [-0.4, -0.2) is 25.9 Å². The molecule has 0 aliphatic rings. The number of ether oxygens (including phenoxy) is 2. The first-order chi connectivity index (χ1) is 6.31. The molecule has 0 aromatic heterocycles. The molecule has 0 amide bonds. The van der Waals surface area contributed by atoms with E-state index in [1.165, 1.54) is 0 Å². The maximum atomic E-state index is 8.22. The Morgan fingerprint density at radius 3 is 2.69 bits per heavy atom. The summed E-state index contributed by atoms with van der Waals surface area (Å²) >= 11 is 0. The van der Waals surface area contributed by atoms with E-state index in [4.69, 9.17) is 14.7 Å². The van der Waals surface area contributed by atoms with Gasteiger partial charge >= 0.3 is 0 Å². The van der Waals surface area contributed by atoms with E-state index < -0.39 is 0 Å². The predicted molar refractivity (Wildman–Crippen MR) is 51.4 cm³/mol. The molecule has 0 N–H and O–H groups in total. The summed E-state index contributed by atoms with van der Waals surface area (Å²) in [6.45, 7) is 6.16. The van der Waals surface area contributed by atoms with E-state index in [0.717, 1.165) is 19.4 Å². The van der Waals surface area contributed by atoms with Gasteiger partial charge in [-0.1, -0.05) is 6.92 Å². The van der Waals surface area contributed by atoms with Crippen molar-refractivity contribution in [3.8, 4) is 6.07 Å². The summed E-state index contributed by atoms with van der Waals surface area (Å²) in [5.41, 5.74) is 0. The lowest BCUT2D eigenvalue weighted by Gasteiger charge is -2.09. The summed E-state index contributed by atoms with van der Waals surface area (Å²) in [5, 5.41) is 8.22. The number of rotatable bonds is 8. The van der Waals surface area contributed by atoms with Crippen molar-refractivity contribution < 1.29 is 9.47 Å². The minimum atomic E-state index is 0.346. The molecule has 0 aliphatic heterocycles. The average molecular weight is 185 g/mol. The Kier molecular flexibility index (Phi) is 9.07. The first kappa shape index (κ1) is 12.4. The molecule has 0 radical (unpaired) electrons. The molecule has 1 unspecified atom stereocenters. The Hall–Kier alpha value is -0.590. The van der Waals surface area contributed by atoms with Crippen LogP contribution in [0.1, 0.15) is 33.1 Å². The molecular formula is C10H19NO2. The molecule has 0 aromatic carbocycles. The lowest BCUT2D eigenvalue weighted by molar-refractivity contribution is 0.0417. The second-order valence-electron chi connectivity index (χ2n) is 2.96. The van der Waals surface area contributed by atoms with Gasteiger partial charge in [-0.3, -0.25) is 0 Å². The average Bonchev–Trinajstić information content (AvgIpc) is 2.16. The van der Waals surface area contributed by atoms with E-state index in [1.807, 2.05) is 6.07 Å². The smallest absolute Gasteiger partial charge is 0.0645 e. The van der Waals surface area contributed by atoms with Crippen molar-refractivity contribution in [1.82, 2.24) is 0 Å². The van der Waals surface area contributed by atoms with Gasteiger partial charge in [-0.25, -0.2) is 0 Å². The Bertz CT molecular complexity index is 142. The SMILES string of the molecule is CCC(C)OCCCOCCC#N. The fourth-order valence-corrected chi connectivity index (χ4v) is 0.783. The van der Waals surface area contributed by atoms with Gasteiger partial charge in [0.15, 0.2) is 0 Å². The number of hydrogen-bond acceptors (Lipinski definition) is 3. The molecule has 0 bridgehead atoms. The highest BCUT2D eigenvalue weighted by atomic mass is 16.5. The fourth-order valence-electron chi connectivity index (χ4n) is 0.783. The van der Waals surface area contributed by atoms with Gasteiger partial charge in [0.2, 0.25) is 0 Å². The van der Waals surface area contributed by atoms with Gasteiger partial charge in [-0.2, -0.15) is 5.26 Å². The van der Waals surface area contributed by atoms with Crippen LogP contribution in [0, 0.1) is 11.3 Å². The molecule has 13 heavy (non-hydrogen) atoms. The number of nitrogens with zero attached hydrogens (tertiary/aromatic N) is 1. The zero-order valence-corrected chi connectivity index (χ0v) is 8.58. The largest absolute Gasteiger partial charge is 0.380 e. The van der Waals surface area contributed by atoms with Gasteiger partial charge < -0.3 is 9.47 Å². The van der Waals surface area contributed by atoms with E-state index in [0.29, 0.717) is 25.7 Å². The molecule has 3 nitrogen and oxygen atoms in total. The van der Waals surface area contributed by atoms with E-state index in [9.17, 15) is 0 Å². The second-order valence-corrected chi connectivity index (χ2v) is 2.96. The summed E-state index contributed by atoms with van der Waals surface area (Å²) in [6, 6.07) is 2.03. The third-order valence-corrected chi connectivity index (χ3v) is 1.77. The third-order valence-electron chi connectivity index (χ3n) is 1.77. The van der Waals surface area contributed by atoms with E-state index in [1.54, 1.807) is 0 Å². The van der Waals surface area contributed by atoms with E-state index >= 15 is 0 Å². The monoisotopic (exact) mass is 185 g/mol. The molecule has 0 aliphatic carbocycles. The zero-order chi connectivity index (χ0) is 9.94. The first-order valence-corrected chi connectivity index (χ1v) is 4.87. The molecule has 0 rings (SSSR count). The van der Waals surface area contributed by atoms with Crippen LogP contribution >= 0.6 is 0 Å². The van der Waals surface area contributed by atoms with E-state index in [-0.39, 0.29) is 0 Å². The van der Waals surface area contributed by atoms with Crippen LogP contribution in [0.5, 0.6) is 0 Å². The summed E-state index contributed by atoms with van der Waals surface area (Å²) < 4.78 is 10.6. The Balaban J connectivity index is 2.96. The molecule has 0 aromatic rings. The van der Waals surface area contributed by atoms with Crippen molar-refractivity contribution in [2.24, 2.45) is 0 Å². The van der Waals surface area contributed by atoms with Crippen molar-refractivity contribution in [2.45, 2.75) is 39.2 Å². The van der Waals surface area contributed by atoms with Crippen molar-refractivity contribution in [1.29, 1.82) is 5.26 Å². The van der Waals surface area contributed by atoms with Crippen molar-refractivity contribution in [3.63, 3.8) is 0 Å². The van der Waals surface area contributed by atoms with Crippen molar-refractivity contribution in [2.75, 3.05) is 19.8 Å². The van der Waals surface area contributed by atoms with Crippen molar-refractivity contribution >= 4 is 0 Å². The molecule has 0 saturated carbocycles. The van der Waals surface area contributed by atoms with Crippen LogP contribution in [-0.2, 0) is 9.47 Å². The second kappa shape index (κ2) is 9.50. The third kappa shape index (κ3) is 9.32. The Morgan fingerprint density at radius 2 is 2.08 bits per heavy atom. The van der Waals surface area contributed by atoms with Gasteiger partial charge in [-0.05, 0) is 19.8 Å². The molecule has 0 spiro atoms. The molecule has 0 saturated heterocycles. The summed E-state index contributed by atoms with van der Waals surface area (Å²) in [6.07, 6.45) is 2.79. The Morgan fingerprint density at radius 1 is 1.31 bits per heavy atom. The first-order valence-electron chi connectivity index (χ1n) is 4.87. The minimum absolute atomic E-state index is 0.346. The quantitative estimate of drug-likeness (QED) is 0.544. The summed E-state index contributed by atoms with van der Waals surface area (Å²) in [7, 11) is 0. The van der Waals surface area contributed by atoms with Gasteiger partial charge in [0.05, 0.1) is 25.2 Å². The zero-order valence-electron chi connectivity index (χ0n) is 8.58. The van der Waals surface area contributed by atoms with Crippen LogP contribution in [0.15, 0.2) is 0 Å². The summed E-state index contributed by atoms with van der Waals surface area (Å²) in [5.74, 6) is 0. The predicted octanol–water partition coefficient (Wildman–Crippen LogP) is 2.12. The Labute approximate surface area is 80.6 Å². The molecular weight excluding hydrogens is 166 g/mol. The standard InChI is InChI=1S/C10H19NO2/c1-3-10(2)13-9-5-8-12-7-4-6-11/h10H,3-5,7-9H2,1-2H3. The van der Waals surface area contributed by atoms with Crippen LogP contribution < -0.4 is 0 Å². The highest BCUT2D eigenvalue weighted by Crippen LogP contribution is 1.96. The number of nitriles is 1. The normalized spacial score (nSPS) is 12.4. The van der Waals surface area contributed by atoms with Crippen molar-refractivity contribution in [3.05, 3.63) is 0 Å². The van der Waals surface area contributed by atoms with Gasteiger partial charge in [0.25, 0.3) is 0 Å². The maximum absolute atomic E-state index is 8.22. The minimum Gasteiger partial charge on any atom is -0.380 e. The van der Waals surface area contributed by atoms with Gasteiger partial charge in [0.1, 0.15) is 0 Å². The maximum Gasteiger partial charge on any atom is 0.0645 e. The van der Waals surface area contributed by atoms with Crippen LogP contribution in [0.3, 0.4) is 0 Å². The number of hydrogen-bond donors (Lipinski definition) is 0. The molecule has 0 fully saturated rings. The highest BCUT2D eigenvalue weighted by molar-refractivity contribution is 4.66.